The molecule has 0 aliphatic rings. The highest BCUT2D eigenvalue weighted by molar-refractivity contribution is 6.42. The minimum absolute atomic E-state index is 0.222. The second-order valence-electron chi connectivity index (χ2n) is 4.35. The Bertz CT molecular complexity index is 914. The van der Waals surface area contributed by atoms with Gasteiger partial charge in [0, 0.05) is 6.07 Å². The van der Waals surface area contributed by atoms with Crippen molar-refractivity contribution in [1.29, 1.82) is 0 Å². The van der Waals surface area contributed by atoms with E-state index in [0.29, 0.717) is 20.5 Å². The molecular formula is C15H6Cl4O3. The maximum absolute atomic E-state index is 11.7. The minimum atomic E-state index is -0.593. The van der Waals surface area contributed by atoms with Crippen LogP contribution in [0.15, 0.2) is 45.6 Å². The van der Waals surface area contributed by atoms with Crippen LogP contribution in [0.25, 0.3) is 11.0 Å². The Kier molecular flexibility index (Phi) is 4.24. The molecule has 3 nitrogen and oxygen atoms in total. The molecule has 1 aromatic heterocycles. The Morgan fingerprint density at radius 1 is 0.864 bits per heavy atom. The summed E-state index contributed by atoms with van der Waals surface area (Å²) in [5.41, 5.74) is -0.343. The Balaban J connectivity index is 2.22. The molecule has 0 atom stereocenters. The molecule has 0 amide bonds. The maximum Gasteiger partial charge on any atom is 0.339 e. The van der Waals surface area contributed by atoms with E-state index in [4.69, 9.17) is 55.6 Å². The zero-order valence-electron chi connectivity index (χ0n) is 10.7. The lowest BCUT2D eigenvalue weighted by molar-refractivity contribution is 0.475. The number of hydrogen-bond donors (Lipinski definition) is 0. The second-order valence-corrected chi connectivity index (χ2v) is 5.97. The van der Waals surface area contributed by atoms with Crippen LogP contribution in [0.3, 0.4) is 0 Å². The number of rotatable bonds is 2. The Morgan fingerprint density at radius 2 is 1.50 bits per heavy atom. The fourth-order valence-corrected chi connectivity index (χ4v) is 2.69. The Labute approximate surface area is 144 Å². The van der Waals surface area contributed by atoms with Gasteiger partial charge in [-0.3, -0.25) is 0 Å². The molecule has 0 bridgehead atoms. The van der Waals surface area contributed by atoms with Gasteiger partial charge in [-0.25, -0.2) is 4.79 Å². The topological polar surface area (TPSA) is 39.4 Å². The maximum atomic E-state index is 11.7. The number of hydrogen-bond acceptors (Lipinski definition) is 3. The summed E-state index contributed by atoms with van der Waals surface area (Å²) in [6, 6.07) is 9.11. The highest BCUT2D eigenvalue weighted by Gasteiger charge is 2.14. The van der Waals surface area contributed by atoms with E-state index in [0.717, 1.165) is 0 Å². The summed E-state index contributed by atoms with van der Waals surface area (Å²) in [4.78, 5) is 11.7. The Morgan fingerprint density at radius 3 is 2.18 bits per heavy atom. The molecule has 1 heterocycles. The van der Waals surface area contributed by atoms with Gasteiger partial charge in [-0.2, -0.15) is 0 Å². The van der Waals surface area contributed by atoms with Crippen molar-refractivity contribution in [3.05, 3.63) is 66.9 Å². The average molecular weight is 376 g/mol. The number of benzene rings is 2. The quantitative estimate of drug-likeness (QED) is 0.500. The van der Waals surface area contributed by atoms with E-state index in [1.165, 1.54) is 12.1 Å². The van der Waals surface area contributed by atoms with Gasteiger partial charge in [0.15, 0.2) is 5.75 Å². The average Bonchev–Trinajstić information content (AvgIpc) is 2.45. The van der Waals surface area contributed by atoms with Crippen molar-refractivity contribution < 1.29 is 9.15 Å². The van der Waals surface area contributed by atoms with Gasteiger partial charge in [0.2, 0.25) is 0 Å². The minimum Gasteiger partial charge on any atom is -0.453 e. The molecule has 2 aromatic carbocycles. The van der Waals surface area contributed by atoms with Crippen LogP contribution in [0.4, 0.5) is 0 Å². The molecule has 22 heavy (non-hydrogen) atoms. The lowest BCUT2D eigenvalue weighted by atomic mass is 10.2. The molecule has 7 heteroatoms. The van der Waals surface area contributed by atoms with Crippen molar-refractivity contribution in [3.63, 3.8) is 0 Å². The van der Waals surface area contributed by atoms with E-state index in [1.807, 2.05) is 0 Å². The zero-order valence-corrected chi connectivity index (χ0v) is 13.7. The van der Waals surface area contributed by atoms with Crippen molar-refractivity contribution in [2.24, 2.45) is 0 Å². The second kappa shape index (κ2) is 6.01. The molecule has 0 spiro atoms. The molecule has 0 radical (unpaired) electrons. The summed E-state index contributed by atoms with van der Waals surface area (Å²) < 4.78 is 10.8. The van der Waals surface area contributed by atoms with E-state index < -0.39 is 5.63 Å². The Hall–Kier alpha value is -1.39. The summed E-state index contributed by atoms with van der Waals surface area (Å²) in [6.07, 6.45) is 0. The molecule has 0 fully saturated rings. The SMILES string of the molecule is O=c1cc(Oc2c(Cl)cccc2Cl)c2cc(Cl)c(Cl)cc2o1. The van der Waals surface area contributed by atoms with Crippen LogP contribution in [0.2, 0.25) is 20.1 Å². The fourth-order valence-electron chi connectivity index (χ4n) is 1.90. The van der Waals surface area contributed by atoms with Gasteiger partial charge in [-0.1, -0.05) is 52.5 Å². The van der Waals surface area contributed by atoms with Gasteiger partial charge >= 0.3 is 5.63 Å². The summed E-state index contributed by atoms with van der Waals surface area (Å²) in [5, 5.41) is 1.68. The third-order valence-corrected chi connectivity index (χ3v) is 4.20. The van der Waals surface area contributed by atoms with Crippen molar-refractivity contribution >= 4 is 57.4 Å². The highest BCUT2D eigenvalue weighted by Crippen LogP contribution is 2.39. The highest BCUT2D eigenvalue weighted by atomic mass is 35.5. The van der Waals surface area contributed by atoms with E-state index in [2.05, 4.69) is 0 Å². The van der Waals surface area contributed by atoms with Crippen LogP contribution < -0.4 is 10.4 Å². The summed E-state index contributed by atoms with van der Waals surface area (Å²) >= 11 is 24.1. The van der Waals surface area contributed by atoms with E-state index in [1.54, 1.807) is 24.3 Å². The molecule has 3 aromatic rings. The van der Waals surface area contributed by atoms with Crippen LogP contribution >= 0.6 is 46.4 Å². The van der Waals surface area contributed by atoms with Crippen molar-refractivity contribution in [2.75, 3.05) is 0 Å². The van der Waals surface area contributed by atoms with Gasteiger partial charge in [-0.05, 0) is 18.2 Å². The largest absolute Gasteiger partial charge is 0.453 e. The zero-order chi connectivity index (χ0) is 15.9. The monoisotopic (exact) mass is 374 g/mol. The van der Waals surface area contributed by atoms with Gasteiger partial charge in [0.1, 0.15) is 11.3 Å². The number of para-hydroxylation sites is 1. The lowest BCUT2D eigenvalue weighted by Gasteiger charge is -2.11. The molecule has 3 rings (SSSR count). The molecule has 0 aliphatic carbocycles. The summed E-state index contributed by atoms with van der Waals surface area (Å²) in [7, 11) is 0. The lowest BCUT2D eigenvalue weighted by Crippen LogP contribution is -1.99. The molecule has 112 valence electrons. The number of fused-ring (bicyclic) bond motifs is 1. The third-order valence-electron chi connectivity index (χ3n) is 2.88. The van der Waals surface area contributed by atoms with Gasteiger partial charge in [0.25, 0.3) is 0 Å². The van der Waals surface area contributed by atoms with Gasteiger partial charge < -0.3 is 9.15 Å². The standard InChI is InChI=1S/C15H6Cl4O3/c16-8-2-1-3-9(17)15(8)22-13-6-14(20)21-12-5-11(19)10(18)4-7(12)13/h1-6H. The molecule has 0 saturated carbocycles. The molecular weight excluding hydrogens is 370 g/mol. The van der Waals surface area contributed by atoms with Gasteiger partial charge in [0.05, 0.1) is 31.5 Å². The van der Waals surface area contributed by atoms with Crippen molar-refractivity contribution in [3.8, 4) is 11.5 Å². The first-order valence-corrected chi connectivity index (χ1v) is 7.51. The fraction of sp³-hybridized carbons (Fsp3) is 0. The summed E-state index contributed by atoms with van der Waals surface area (Å²) in [5.74, 6) is 0.462. The predicted molar refractivity (Wildman–Crippen MR) is 89.0 cm³/mol. The first-order valence-electron chi connectivity index (χ1n) is 6.00. The predicted octanol–water partition coefficient (Wildman–Crippen LogP) is 6.20. The van der Waals surface area contributed by atoms with Gasteiger partial charge in [-0.15, -0.1) is 0 Å². The van der Waals surface area contributed by atoms with Crippen LogP contribution in [-0.2, 0) is 0 Å². The van der Waals surface area contributed by atoms with Crippen LogP contribution in [0.5, 0.6) is 11.5 Å². The van der Waals surface area contributed by atoms with E-state index in [-0.39, 0.29) is 22.1 Å². The summed E-state index contributed by atoms with van der Waals surface area (Å²) in [6.45, 7) is 0. The number of halogens is 4. The van der Waals surface area contributed by atoms with Crippen molar-refractivity contribution in [2.45, 2.75) is 0 Å². The molecule has 0 aliphatic heterocycles. The molecule has 0 N–H and O–H groups in total. The smallest absolute Gasteiger partial charge is 0.339 e. The third kappa shape index (κ3) is 2.90. The molecule has 0 unspecified atom stereocenters. The van der Waals surface area contributed by atoms with Crippen molar-refractivity contribution in [1.82, 2.24) is 0 Å². The van der Waals surface area contributed by atoms with E-state index in [9.17, 15) is 4.79 Å². The number of ether oxygens (including phenoxy) is 1. The first-order chi connectivity index (χ1) is 10.5. The molecule has 0 saturated heterocycles. The van der Waals surface area contributed by atoms with Crippen LogP contribution in [0.1, 0.15) is 0 Å². The van der Waals surface area contributed by atoms with Crippen LogP contribution in [-0.4, -0.2) is 0 Å². The van der Waals surface area contributed by atoms with Crippen LogP contribution in [0, 0.1) is 0 Å². The first kappa shape index (κ1) is 15.5. The van der Waals surface area contributed by atoms with E-state index >= 15 is 0 Å². The normalized spacial score (nSPS) is 10.9.